The fraction of sp³-hybridized carbons (Fsp3) is 0.357. The van der Waals surface area contributed by atoms with Crippen LogP contribution >= 0.6 is 8.58 Å². The Hall–Kier alpha value is -1.65. The Bertz CT molecular complexity index is 707. The van der Waals surface area contributed by atoms with Crippen LogP contribution in [-0.4, -0.2) is 0 Å². The van der Waals surface area contributed by atoms with Crippen LogP contribution in [0.4, 0.5) is 0 Å². The van der Waals surface area contributed by atoms with Gasteiger partial charge in [0.05, 0.1) is 0 Å². The Kier molecular flexibility index (Phi) is 58.2. The van der Waals surface area contributed by atoms with Gasteiger partial charge in [0.15, 0.2) is 0 Å². The van der Waals surface area contributed by atoms with Crippen molar-refractivity contribution in [2.75, 3.05) is 0 Å². The molecule has 37 heavy (non-hydrogen) atoms. The molecular weight excluding hydrogens is 575 g/mol. The molecule has 0 spiro atoms. The second-order valence-corrected chi connectivity index (χ2v) is 8.56. The summed E-state index contributed by atoms with van der Waals surface area (Å²) in [5.74, 6) is 4.68. The predicted octanol–water partition coefficient (Wildman–Crippen LogP) is 5.27. The Morgan fingerprint density at radius 2 is 0.568 bits per heavy atom. The first-order valence-corrected chi connectivity index (χ1v) is 11.1. The molecule has 0 aromatic heterocycles. The van der Waals surface area contributed by atoms with Crippen molar-refractivity contribution in [3.8, 4) is 0 Å². The maximum Gasteiger partial charge on any atom is 0 e. The van der Waals surface area contributed by atoms with E-state index in [-0.39, 0.29) is 34.1 Å². The van der Waals surface area contributed by atoms with Crippen molar-refractivity contribution in [3.63, 3.8) is 0 Å². The fourth-order valence-electron chi connectivity index (χ4n) is 3.60. The van der Waals surface area contributed by atoms with Gasteiger partial charge in [-0.2, -0.15) is 0 Å². The van der Waals surface area contributed by atoms with Crippen molar-refractivity contribution in [2.24, 2.45) is 29.6 Å². The average Bonchev–Trinajstić information content (AvgIpc) is 3.14. The molecule has 0 N–H and O–H groups in total. The van der Waals surface area contributed by atoms with Crippen LogP contribution in [-0.2, 0) is 62.1 Å². The van der Waals surface area contributed by atoms with Gasteiger partial charge in [0.1, 0.15) is 0 Å². The largest absolute Gasteiger partial charge is 0.0622 e. The van der Waals surface area contributed by atoms with E-state index < -0.39 is 0 Å². The number of rotatable bonds is 2. The van der Waals surface area contributed by atoms with Gasteiger partial charge < -0.3 is 0 Å². The molecule has 1 aliphatic rings. The van der Waals surface area contributed by atoms with Crippen LogP contribution in [0.25, 0.3) is 0 Å². The third-order valence-electron chi connectivity index (χ3n) is 5.98. The summed E-state index contributed by atoms with van der Waals surface area (Å²) in [6.45, 7) is 39.0. The van der Waals surface area contributed by atoms with E-state index in [1.54, 1.807) is 0 Å². The first-order valence-electron chi connectivity index (χ1n) is 10.1. The van der Waals surface area contributed by atoms with Crippen LogP contribution in [0.5, 0.6) is 0 Å². The zero-order valence-corrected chi connectivity index (χ0v) is 24.5. The minimum absolute atomic E-state index is 0. The second-order valence-electron chi connectivity index (χ2n) is 7.15. The molecule has 0 heterocycles. The quantitative estimate of drug-likeness (QED) is 0.192. The van der Waals surface area contributed by atoms with Gasteiger partial charge >= 0.3 is 67.8 Å². The average molecular weight is 606 g/mol. The summed E-state index contributed by atoms with van der Waals surface area (Å²) in [6.07, 6.45) is 0. The van der Waals surface area contributed by atoms with E-state index in [1.807, 2.05) is 0 Å². The van der Waals surface area contributed by atoms with Gasteiger partial charge in [-0.1, -0.05) is 104 Å². The van der Waals surface area contributed by atoms with Gasteiger partial charge in [-0.3, -0.25) is 0 Å². The molecule has 0 radical (unpaired) electrons. The molecule has 6 nitrogen and oxygen atoms in total. The smallest absolute Gasteiger partial charge is 0 e. The van der Waals surface area contributed by atoms with E-state index in [4.69, 9.17) is 27.9 Å². The maximum atomic E-state index is 7.50. The maximum absolute atomic E-state index is 7.50. The van der Waals surface area contributed by atoms with Crippen molar-refractivity contribution < 1.29 is 62.1 Å². The molecule has 0 bridgehead atoms. The second kappa shape index (κ2) is 41.5. The predicted molar refractivity (Wildman–Crippen MR) is 130 cm³/mol. The molecule has 0 saturated heterocycles. The standard InChI is InChI=1S/C12H11P.C10H20.6CO.2Fe/c1-3-7-11(8-4-1)13-12-9-5-2-6-10-12;1-6-7(2)9(4)10(5)8(6)3;6*1-2;;/h1-10,13H;6-10H,1-5H3;;;;;;;;. The van der Waals surface area contributed by atoms with Crippen molar-refractivity contribution in [3.05, 3.63) is 101 Å². The Morgan fingerprint density at radius 3 is 0.730 bits per heavy atom. The molecule has 2 aromatic rings. The SMILES string of the molecule is CC1C(C)C(C)C(C)C1C.[C-]#[O+].[C-]#[O+].[C-]#[O+].[C-]#[O+].[C-]#[O+].[C-]#[O+].[Fe].[Fe].c1ccc(Pc2ccccc2)cc1. The van der Waals surface area contributed by atoms with E-state index in [1.165, 1.54) is 10.6 Å². The van der Waals surface area contributed by atoms with Crippen LogP contribution in [0, 0.1) is 69.5 Å². The molecule has 200 valence electrons. The molecule has 1 aliphatic carbocycles. The van der Waals surface area contributed by atoms with Crippen LogP contribution in [0.15, 0.2) is 60.7 Å². The van der Waals surface area contributed by atoms with E-state index in [2.05, 4.69) is 135 Å². The minimum Gasteiger partial charge on any atom is -0.0622 e. The van der Waals surface area contributed by atoms with Crippen LogP contribution in [0.1, 0.15) is 34.6 Å². The molecule has 3 rings (SSSR count). The Labute approximate surface area is 245 Å². The molecule has 0 amide bonds. The van der Waals surface area contributed by atoms with Gasteiger partial charge in [-0.15, -0.1) is 0 Å². The van der Waals surface area contributed by atoms with Crippen molar-refractivity contribution in [1.82, 2.24) is 0 Å². The first-order chi connectivity index (χ1) is 17.0. The van der Waals surface area contributed by atoms with Crippen LogP contribution in [0.3, 0.4) is 0 Å². The van der Waals surface area contributed by atoms with Crippen molar-refractivity contribution >= 4 is 19.2 Å². The summed E-state index contributed by atoms with van der Waals surface area (Å²) < 4.78 is 45.0. The molecular formula is C28H31Fe2O6P. The topological polar surface area (TPSA) is 119 Å². The molecule has 1 saturated carbocycles. The van der Waals surface area contributed by atoms with Gasteiger partial charge in [-0.05, 0) is 40.2 Å². The third-order valence-corrected chi connectivity index (χ3v) is 7.23. The van der Waals surface area contributed by atoms with Crippen molar-refractivity contribution in [2.45, 2.75) is 34.6 Å². The zero-order chi connectivity index (χ0) is 28.8. The third kappa shape index (κ3) is 24.4. The number of hydrogen-bond acceptors (Lipinski definition) is 0. The minimum atomic E-state index is 0. The van der Waals surface area contributed by atoms with E-state index >= 15 is 0 Å². The molecule has 2 aromatic carbocycles. The summed E-state index contributed by atoms with van der Waals surface area (Å²) in [5.41, 5.74) is 0. The fourth-order valence-corrected chi connectivity index (χ4v) is 4.66. The van der Waals surface area contributed by atoms with Gasteiger partial charge in [0.25, 0.3) is 0 Å². The Balaban J connectivity index is -0.0000000675. The molecule has 9 heteroatoms. The zero-order valence-electron chi connectivity index (χ0n) is 21.3. The van der Waals surface area contributed by atoms with Gasteiger partial charge in [0.2, 0.25) is 0 Å². The van der Waals surface area contributed by atoms with E-state index in [9.17, 15) is 0 Å². The molecule has 0 aliphatic heterocycles. The summed E-state index contributed by atoms with van der Waals surface area (Å²) in [6, 6.07) is 21.2. The summed E-state index contributed by atoms with van der Waals surface area (Å²) >= 11 is 0. The number of benzene rings is 2. The normalized spacial score (nSPS) is 18.8. The van der Waals surface area contributed by atoms with Crippen LogP contribution in [0.2, 0.25) is 0 Å². The van der Waals surface area contributed by atoms with E-state index in [0.717, 1.165) is 38.2 Å². The van der Waals surface area contributed by atoms with Gasteiger partial charge in [0, 0.05) is 34.1 Å². The molecule has 0 unspecified atom stereocenters. The summed E-state index contributed by atoms with van der Waals surface area (Å²) in [5, 5.41) is 2.79. The summed E-state index contributed by atoms with van der Waals surface area (Å²) in [4.78, 5) is 0. The Morgan fingerprint density at radius 1 is 0.405 bits per heavy atom. The van der Waals surface area contributed by atoms with Crippen LogP contribution < -0.4 is 10.6 Å². The van der Waals surface area contributed by atoms with E-state index in [0.29, 0.717) is 0 Å². The number of hydrogen-bond donors (Lipinski definition) is 0. The van der Waals surface area contributed by atoms with Gasteiger partial charge in [-0.25, -0.2) is 0 Å². The molecule has 0 atom stereocenters. The summed E-state index contributed by atoms with van der Waals surface area (Å²) in [7, 11) is 0.777. The monoisotopic (exact) mass is 606 g/mol. The van der Waals surface area contributed by atoms with Crippen molar-refractivity contribution in [1.29, 1.82) is 0 Å². The molecule has 1 fully saturated rings. The first kappa shape index (κ1) is 51.9.